The molecule has 0 aromatic heterocycles. The monoisotopic (exact) mass is 495 g/mol. The summed E-state index contributed by atoms with van der Waals surface area (Å²) >= 11 is 6.26. The van der Waals surface area contributed by atoms with E-state index >= 15 is 0 Å². The number of imide groups is 1. The molecule has 4 atom stereocenters. The molecule has 1 spiro atoms. The number of hydrogen-bond acceptors (Lipinski definition) is 6. The summed E-state index contributed by atoms with van der Waals surface area (Å²) in [6, 6.07) is 8.43. The number of halogens is 1. The first-order valence-corrected chi connectivity index (χ1v) is 11.4. The summed E-state index contributed by atoms with van der Waals surface area (Å²) in [7, 11) is 0. The van der Waals surface area contributed by atoms with Crippen molar-refractivity contribution >= 4 is 52.5 Å². The molecule has 3 heterocycles. The highest BCUT2D eigenvalue weighted by molar-refractivity contribution is 6.32. The van der Waals surface area contributed by atoms with Crippen LogP contribution in [-0.2, 0) is 24.7 Å². The Morgan fingerprint density at radius 2 is 1.74 bits per heavy atom. The molecule has 0 saturated carbocycles. The molecule has 0 bridgehead atoms. The highest BCUT2D eigenvalue weighted by atomic mass is 35.5. The van der Waals surface area contributed by atoms with Crippen LogP contribution in [0.2, 0.25) is 5.02 Å². The van der Waals surface area contributed by atoms with Gasteiger partial charge in [0.15, 0.2) is 0 Å². The van der Waals surface area contributed by atoms with Crippen molar-refractivity contribution in [3.63, 3.8) is 0 Å². The molecule has 0 unspecified atom stereocenters. The highest BCUT2D eigenvalue weighted by Gasteiger charge is 2.70. The van der Waals surface area contributed by atoms with Crippen LogP contribution in [0.5, 0.6) is 0 Å². The van der Waals surface area contributed by atoms with Crippen molar-refractivity contribution in [2.75, 3.05) is 10.2 Å². The molecule has 5 rings (SSSR count). The van der Waals surface area contributed by atoms with Crippen molar-refractivity contribution in [2.24, 2.45) is 23.3 Å². The van der Waals surface area contributed by atoms with Crippen molar-refractivity contribution in [3.8, 4) is 0 Å². The Labute approximate surface area is 205 Å². The Balaban J connectivity index is 1.63. The van der Waals surface area contributed by atoms with Crippen LogP contribution in [0.3, 0.4) is 0 Å². The van der Waals surface area contributed by atoms with E-state index in [-0.39, 0.29) is 24.1 Å². The average molecular weight is 496 g/mol. The van der Waals surface area contributed by atoms with Gasteiger partial charge in [0, 0.05) is 28.6 Å². The van der Waals surface area contributed by atoms with Crippen LogP contribution in [0.1, 0.15) is 34.3 Å². The number of primary amides is 2. The molecule has 2 saturated heterocycles. The zero-order valence-corrected chi connectivity index (χ0v) is 19.4. The fraction of sp³-hybridized carbons (Fsp3) is 0.292. The van der Waals surface area contributed by atoms with Crippen LogP contribution < -0.4 is 27.0 Å². The first-order chi connectivity index (χ1) is 16.6. The predicted molar refractivity (Wildman–Crippen MR) is 126 cm³/mol. The van der Waals surface area contributed by atoms with Gasteiger partial charge in [0.1, 0.15) is 5.54 Å². The number of nitrogens with two attached hydrogens (primary N) is 2. The molecule has 3 aliphatic heterocycles. The van der Waals surface area contributed by atoms with Gasteiger partial charge < -0.3 is 16.8 Å². The molecule has 180 valence electrons. The van der Waals surface area contributed by atoms with Crippen LogP contribution in [0.15, 0.2) is 36.4 Å². The van der Waals surface area contributed by atoms with Crippen LogP contribution in [0.4, 0.5) is 11.4 Å². The lowest BCUT2D eigenvalue weighted by atomic mass is 9.76. The molecule has 3 aliphatic rings. The third-order valence-corrected chi connectivity index (χ3v) is 7.61. The first-order valence-electron chi connectivity index (χ1n) is 11.0. The zero-order chi connectivity index (χ0) is 25.2. The van der Waals surface area contributed by atoms with Gasteiger partial charge in [-0.05, 0) is 49.2 Å². The van der Waals surface area contributed by atoms with Crippen molar-refractivity contribution in [1.29, 1.82) is 0 Å². The summed E-state index contributed by atoms with van der Waals surface area (Å²) in [5, 5.41) is 6.53. The van der Waals surface area contributed by atoms with Crippen LogP contribution >= 0.6 is 11.6 Å². The second-order valence-corrected chi connectivity index (χ2v) is 9.45. The molecule has 10 nitrogen and oxygen atoms in total. The van der Waals surface area contributed by atoms with E-state index < -0.39 is 53.0 Å². The van der Waals surface area contributed by atoms with E-state index in [0.29, 0.717) is 21.8 Å². The SMILES string of the molecule is Cc1c(Cl)ccc2c1NC(=O)[C@]21N[C@H](CCC(N)=O)[C@H]2C(=O)N(c3ccc(C(N)=O)cc3)C(=O)[C@@H]21. The molecular weight excluding hydrogens is 474 g/mol. The van der Waals surface area contributed by atoms with Gasteiger partial charge in [-0.15, -0.1) is 0 Å². The molecule has 2 aromatic carbocycles. The van der Waals surface area contributed by atoms with Gasteiger partial charge in [-0.2, -0.15) is 0 Å². The number of nitrogens with one attached hydrogen (secondary N) is 2. The zero-order valence-electron chi connectivity index (χ0n) is 18.6. The quantitative estimate of drug-likeness (QED) is 0.450. The fourth-order valence-corrected chi connectivity index (χ4v) is 5.72. The standard InChI is InChI=1S/C24H22ClN5O5/c1-10-14(25)7-6-13-19(10)28-23(35)24(13)18-17(15(29-24)8-9-16(26)31)21(33)30(22(18)34)12-4-2-11(3-5-12)20(27)32/h2-7,15,17-18,29H,8-9H2,1H3,(H2,26,31)(H2,27,32)(H,28,35)/t15-,17-,18-,24+/m1/s1. The van der Waals surface area contributed by atoms with Gasteiger partial charge >= 0.3 is 0 Å². The lowest BCUT2D eigenvalue weighted by Gasteiger charge is -2.29. The Hall–Kier alpha value is -3.76. The number of carbonyl (C=O) groups excluding carboxylic acids is 5. The van der Waals surface area contributed by atoms with Gasteiger partial charge in [0.25, 0.3) is 0 Å². The van der Waals surface area contributed by atoms with E-state index in [1.54, 1.807) is 19.1 Å². The lowest BCUT2D eigenvalue weighted by molar-refractivity contribution is -0.130. The summed E-state index contributed by atoms with van der Waals surface area (Å²) in [6.07, 6.45) is 0.140. The minimum Gasteiger partial charge on any atom is -0.370 e. The second-order valence-electron chi connectivity index (χ2n) is 9.04. The maximum atomic E-state index is 13.8. The summed E-state index contributed by atoms with van der Waals surface area (Å²) in [4.78, 5) is 65.0. The topological polar surface area (TPSA) is 165 Å². The average Bonchev–Trinajstić information content (AvgIpc) is 3.40. The smallest absolute Gasteiger partial charge is 0.250 e. The number of rotatable bonds is 5. The van der Waals surface area contributed by atoms with E-state index in [4.69, 9.17) is 23.1 Å². The Morgan fingerprint density at radius 1 is 1.06 bits per heavy atom. The second kappa shape index (κ2) is 7.89. The number of amides is 5. The third kappa shape index (κ3) is 3.17. The number of carbonyl (C=O) groups is 5. The molecule has 6 N–H and O–H groups in total. The normalized spacial score (nSPS) is 26.7. The van der Waals surface area contributed by atoms with Gasteiger partial charge in [-0.1, -0.05) is 17.7 Å². The molecule has 0 aliphatic carbocycles. The van der Waals surface area contributed by atoms with Crippen molar-refractivity contribution in [2.45, 2.75) is 31.3 Å². The van der Waals surface area contributed by atoms with Gasteiger partial charge in [-0.25, -0.2) is 4.90 Å². The van der Waals surface area contributed by atoms with E-state index in [1.807, 2.05) is 0 Å². The largest absolute Gasteiger partial charge is 0.370 e. The Morgan fingerprint density at radius 3 is 2.37 bits per heavy atom. The molecule has 2 fully saturated rings. The molecule has 0 radical (unpaired) electrons. The number of benzene rings is 2. The van der Waals surface area contributed by atoms with Crippen LogP contribution in [0.25, 0.3) is 0 Å². The summed E-state index contributed by atoms with van der Waals surface area (Å²) in [6.45, 7) is 1.76. The van der Waals surface area contributed by atoms with Gasteiger partial charge in [-0.3, -0.25) is 29.3 Å². The number of fused-ring (bicyclic) bond motifs is 4. The number of hydrogen-bond donors (Lipinski definition) is 4. The van der Waals surface area contributed by atoms with Crippen LogP contribution in [0, 0.1) is 18.8 Å². The Kier molecular flexibility index (Phi) is 5.19. The van der Waals surface area contributed by atoms with E-state index in [0.717, 1.165) is 4.90 Å². The molecule has 11 heteroatoms. The molecule has 2 aromatic rings. The predicted octanol–water partition coefficient (Wildman–Crippen LogP) is 0.938. The molecular formula is C24H22ClN5O5. The van der Waals surface area contributed by atoms with E-state index in [2.05, 4.69) is 10.6 Å². The van der Waals surface area contributed by atoms with Crippen LogP contribution in [-0.4, -0.2) is 35.6 Å². The Bertz CT molecular complexity index is 1330. The van der Waals surface area contributed by atoms with Gasteiger partial charge in [0.05, 0.1) is 23.2 Å². The summed E-state index contributed by atoms with van der Waals surface area (Å²) in [5.74, 6) is -4.71. The van der Waals surface area contributed by atoms with Crippen molar-refractivity contribution < 1.29 is 24.0 Å². The van der Waals surface area contributed by atoms with Crippen molar-refractivity contribution in [1.82, 2.24) is 5.32 Å². The van der Waals surface area contributed by atoms with Gasteiger partial charge in [0.2, 0.25) is 29.5 Å². The van der Waals surface area contributed by atoms with E-state index in [9.17, 15) is 24.0 Å². The summed E-state index contributed by atoms with van der Waals surface area (Å²) in [5.41, 5.74) is 11.3. The minimum absolute atomic E-state index is 0.0279. The maximum Gasteiger partial charge on any atom is 0.250 e. The molecule has 35 heavy (non-hydrogen) atoms. The third-order valence-electron chi connectivity index (χ3n) is 7.20. The first kappa shape index (κ1) is 23.0. The number of nitrogens with zero attached hydrogens (tertiary/aromatic N) is 1. The maximum absolute atomic E-state index is 13.8. The summed E-state index contributed by atoms with van der Waals surface area (Å²) < 4.78 is 0. The highest BCUT2D eigenvalue weighted by Crippen LogP contribution is 2.55. The molecule has 5 amide bonds. The van der Waals surface area contributed by atoms with Crippen molar-refractivity contribution in [3.05, 3.63) is 58.1 Å². The number of anilines is 2. The van der Waals surface area contributed by atoms with E-state index in [1.165, 1.54) is 24.3 Å². The lowest BCUT2D eigenvalue weighted by Crippen LogP contribution is -2.53. The minimum atomic E-state index is -1.52. The fourth-order valence-electron chi connectivity index (χ4n) is 5.57.